The van der Waals surface area contributed by atoms with Crippen LogP contribution in [0.25, 0.3) is 11.0 Å². The number of rotatable bonds is 6. The number of hydrogen-bond acceptors (Lipinski definition) is 4. The number of amides is 1. The van der Waals surface area contributed by atoms with Gasteiger partial charge in [0.15, 0.2) is 5.65 Å². The van der Waals surface area contributed by atoms with Crippen LogP contribution in [0.4, 0.5) is 4.39 Å². The summed E-state index contributed by atoms with van der Waals surface area (Å²) in [5.41, 5.74) is 0.613. The molecular weight excluding hydrogens is 387 g/mol. The molecule has 0 bridgehead atoms. The molecule has 30 heavy (non-hydrogen) atoms. The number of aromatic amines is 1. The fraction of sp³-hybridized carbons (Fsp3) is 0.364. The van der Waals surface area contributed by atoms with Crippen LogP contribution in [0.2, 0.25) is 0 Å². The quantitative estimate of drug-likeness (QED) is 0.674. The number of fused-ring (bicyclic) bond motifs is 1. The van der Waals surface area contributed by atoms with E-state index in [1.165, 1.54) is 21.6 Å². The summed E-state index contributed by atoms with van der Waals surface area (Å²) in [6, 6.07) is 7.50. The molecule has 2 heterocycles. The normalized spacial score (nSPS) is 11.3. The largest absolute Gasteiger partial charge is 0.337 e. The monoisotopic (exact) mass is 412 g/mol. The van der Waals surface area contributed by atoms with Crippen molar-refractivity contribution < 1.29 is 9.18 Å². The smallest absolute Gasteiger partial charge is 0.329 e. The summed E-state index contributed by atoms with van der Waals surface area (Å²) in [5, 5.41) is 0.100. The number of carbonyl (C=O) groups is 1. The number of H-pyrrole nitrogens is 1. The molecule has 2 aromatic heterocycles. The standard InChI is InChI=1S/C22H25FN4O3/c1-5-10-27-19-18(20(28)25-22(27)30)16(11-17(24-19)13(2)3)21(29)26(4)12-14-6-8-15(23)9-7-14/h6-9,11,13H,5,10,12H2,1-4H3,(H,25,28,30). The minimum atomic E-state index is -0.635. The van der Waals surface area contributed by atoms with Crippen molar-refractivity contribution in [1.82, 2.24) is 19.4 Å². The number of nitrogens with one attached hydrogen (secondary N) is 1. The third kappa shape index (κ3) is 4.17. The predicted octanol–water partition coefficient (Wildman–Crippen LogP) is 3.03. The number of carbonyl (C=O) groups excluding carboxylic acids is 1. The molecule has 0 aliphatic rings. The lowest BCUT2D eigenvalue weighted by Crippen LogP contribution is -2.34. The van der Waals surface area contributed by atoms with Crippen molar-refractivity contribution in [2.24, 2.45) is 0 Å². The summed E-state index contributed by atoms with van der Waals surface area (Å²) in [4.78, 5) is 46.6. The van der Waals surface area contributed by atoms with E-state index in [2.05, 4.69) is 9.97 Å². The Hall–Kier alpha value is -3.29. The average molecular weight is 412 g/mol. The molecule has 1 N–H and O–H groups in total. The van der Waals surface area contributed by atoms with E-state index in [-0.39, 0.29) is 40.8 Å². The Labute approximate surface area is 173 Å². The van der Waals surface area contributed by atoms with Gasteiger partial charge in [-0.25, -0.2) is 14.2 Å². The van der Waals surface area contributed by atoms with Gasteiger partial charge in [-0.15, -0.1) is 0 Å². The highest BCUT2D eigenvalue weighted by Crippen LogP contribution is 2.21. The lowest BCUT2D eigenvalue weighted by atomic mass is 10.0. The van der Waals surface area contributed by atoms with Crippen molar-refractivity contribution in [3.8, 4) is 0 Å². The molecule has 0 radical (unpaired) electrons. The fourth-order valence-corrected chi connectivity index (χ4v) is 3.33. The maximum absolute atomic E-state index is 13.3. The lowest BCUT2D eigenvalue weighted by molar-refractivity contribution is 0.0786. The Kier molecular flexibility index (Phi) is 6.14. The molecule has 0 fully saturated rings. The van der Waals surface area contributed by atoms with E-state index >= 15 is 0 Å². The minimum Gasteiger partial charge on any atom is -0.337 e. The maximum Gasteiger partial charge on any atom is 0.329 e. The summed E-state index contributed by atoms with van der Waals surface area (Å²) >= 11 is 0. The molecule has 3 rings (SSSR count). The third-order valence-corrected chi connectivity index (χ3v) is 4.92. The molecule has 3 aromatic rings. The summed E-state index contributed by atoms with van der Waals surface area (Å²) in [6.45, 7) is 6.39. The molecule has 0 aliphatic carbocycles. The summed E-state index contributed by atoms with van der Waals surface area (Å²) in [5.74, 6) is -0.733. The van der Waals surface area contributed by atoms with Crippen LogP contribution in [-0.4, -0.2) is 32.4 Å². The number of halogens is 1. The van der Waals surface area contributed by atoms with Crippen molar-refractivity contribution in [3.05, 3.63) is 73.8 Å². The fourth-order valence-electron chi connectivity index (χ4n) is 3.33. The second kappa shape index (κ2) is 8.61. The van der Waals surface area contributed by atoms with Crippen LogP contribution in [0.15, 0.2) is 39.9 Å². The number of aromatic nitrogens is 3. The van der Waals surface area contributed by atoms with Crippen LogP contribution in [0.5, 0.6) is 0 Å². The number of aryl methyl sites for hydroxylation is 1. The minimum absolute atomic E-state index is 0.00665. The van der Waals surface area contributed by atoms with Gasteiger partial charge in [0.1, 0.15) is 5.82 Å². The van der Waals surface area contributed by atoms with Crippen LogP contribution in [0, 0.1) is 5.82 Å². The molecular formula is C22H25FN4O3. The van der Waals surface area contributed by atoms with Gasteiger partial charge in [0.2, 0.25) is 0 Å². The molecule has 158 valence electrons. The van der Waals surface area contributed by atoms with Gasteiger partial charge in [-0.05, 0) is 36.1 Å². The van der Waals surface area contributed by atoms with Gasteiger partial charge < -0.3 is 4.90 Å². The lowest BCUT2D eigenvalue weighted by Gasteiger charge is -2.20. The number of pyridine rings is 1. The number of hydrogen-bond donors (Lipinski definition) is 1. The van der Waals surface area contributed by atoms with Crippen LogP contribution in [0.1, 0.15) is 54.7 Å². The van der Waals surface area contributed by atoms with E-state index in [4.69, 9.17) is 0 Å². The van der Waals surface area contributed by atoms with Crippen molar-refractivity contribution in [2.45, 2.75) is 46.2 Å². The first-order valence-electron chi connectivity index (χ1n) is 9.90. The zero-order chi connectivity index (χ0) is 22.0. The van der Waals surface area contributed by atoms with Gasteiger partial charge in [-0.1, -0.05) is 32.9 Å². The average Bonchev–Trinajstić information content (AvgIpc) is 2.71. The summed E-state index contributed by atoms with van der Waals surface area (Å²) < 4.78 is 14.6. The Morgan fingerprint density at radius 1 is 1.23 bits per heavy atom. The number of benzene rings is 1. The van der Waals surface area contributed by atoms with Crippen LogP contribution in [0.3, 0.4) is 0 Å². The predicted molar refractivity (Wildman–Crippen MR) is 113 cm³/mol. The second-order valence-corrected chi connectivity index (χ2v) is 7.65. The van der Waals surface area contributed by atoms with E-state index in [0.29, 0.717) is 18.7 Å². The van der Waals surface area contributed by atoms with E-state index in [1.807, 2.05) is 20.8 Å². The van der Waals surface area contributed by atoms with E-state index in [1.54, 1.807) is 25.2 Å². The van der Waals surface area contributed by atoms with E-state index in [9.17, 15) is 18.8 Å². The molecule has 7 nitrogen and oxygen atoms in total. The molecule has 0 unspecified atom stereocenters. The summed E-state index contributed by atoms with van der Waals surface area (Å²) in [6.07, 6.45) is 0.669. The topological polar surface area (TPSA) is 88.1 Å². The van der Waals surface area contributed by atoms with Gasteiger partial charge in [-0.2, -0.15) is 0 Å². The first-order valence-corrected chi connectivity index (χ1v) is 9.90. The Morgan fingerprint density at radius 3 is 2.50 bits per heavy atom. The molecule has 0 saturated carbocycles. The zero-order valence-corrected chi connectivity index (χ0v) is 17.5. The number of nitrogens with zero attached hydrogens (tertiary/aromatic N) is 3. The maximum atomic E-state index is 13.3. The van der Waals surface area contributed by atoms with Crippen LogP contribution >= 0.6 is 0 Å². The van der Waals surface area contributed by atoms with Gasteiger partial charge >= 0.3 is 5.69 Å². The van der Waals surface area contributed by atoms with E-state index in [0.717, 1.165) is 5.56 Å². The Morgan fingerprint density at radius 2 is 1.90 bits per heavy atom. The van der Waals surface area contributed by atoms with Crippen molar-refractivity contribution in [2.75, 3.05) is 7.05 Å². The highest BCUT2D eigenvalue weighted by molar-refractivity contribution is 6.05. The van der Waals surface area contributed by atoms with Gasteiger partial charge in [0, 0.05) is 25.8 Å². The highest BCUT2D eigenvalue weighted by Gasteiger charge is 2.22. The van der Waals surface area contributed by atoms with Crippen LogP contribution in [-0.2, 0) is 13.1 Å². The first-order chi connectivity index (χ1) is 14.2. The highest BCUT2D eigenvalue weighted by atomic mass is 19.1. The molecule has 1 amide bonds. The first kappa shape index (κ1) is 21.4. The molecule has 8 heteroatoms. The molecule has 0 aliphatic heterocycles. The van der Waals surface area contributed by atoms with Gasteiger partial charge in [-0.3, -0.25) is 19.1 Å². The molecule has 0 atom stereocenters. The Bertz CT molecular complexity index is 1200. The third-order valence-electron chi connectivity index (χ3n) is 4.92. The second-order valence-electron chi connectivity index (χ2n) is 7.65. The summed E-state index contributed by atoms with van der Waals surface area (Å²) in [7, 11) is 1.61. The van der Waals surface area contributed by atoms with Crippen molar-refractivity contribution in [1.29, 1.82) is 0 Å². The molecule has 0 saturated heterocycles. The van der Waals surface area contributed by atoms with Gasteiger partial charge in [0.25, 0.3) is 11.5 Å². The van der Waals surface area contributed by atoms with Crippen LogP contribution < -0.4 is 11.2 Å². The SMILES string of the molecule is CCCn1c(=O)[nH]c(=O)c2c(C(=O)N(C)Cc3ccc(F)cc3)cc(C(C)C)nc21. The van der Waals surface area contributed by atoms with E-state index < -0.39 is 11.2 Å². The Balaban J connectivity index is 2.16. The zero-order valence-electron chi connectivity index (χ0n) is 17.5. The molecule has 0 spiro atoms. The van der Waals surface area contributed by atoms with Crippen molar-refractivity contribution in [3.63, 3.8) is 0 Å². The van der Waals surface area contributed by atoms with Crippen molar-refractivity contribution >= 4 is 16.9 Å². The van der Waals surface area contributed by atoms with Gasteiger partial charge in [0.05, 0.1) is 10.9 Å². The molecule has 1 aromatic carbocycles.